The van der Waals surface area contributed by atoms with Crippen molar-refractivity contribution in [2.75, 3.05) is 6.54 Å². The normalized spacial score (nSPS) is 21.6. The van der Waals surface area contributed by atoms with Crippen molar-refractivity contribution in [2.45, 2.75) is 38.3 Å². The van der Waals surface area contributed by atoms with Gasteiger partial charge in [-0.05, 0) is 25.8 Å². The molecule has 2 heterocycles. The van der Waals surface area contributed by atoms with E-state index in [0.717, 1.165) is 13.0 Å². The standard InChI is InChI=1S/C9H16N4.ClH/c1-2-5-10-9(3-1)4-8-13-11-6-7-12-13;/h6-7,9-10H,1-5,8H2;1H. The molecular weight excluding hydrogens is 200 g/mol. The number of hydrogen-bond donors (Lipinski definition) is 1. The highest BCUT2D eigenvalue weighted by Crippen LogP contribution is 2.10. The zero-order chi connectivity index (χ0) is 8.93. The highest BCUT2D eigenvalue weighted by molar-refractivity contribution is 5.85. The fourth-order valence-corrected chi connectivity index (χ4v) is 1.80. The first-order valence-electron chi connectivity index (χ1n) is 5.02. The predicted molar refractivity (Wildman–Crippen MR) is 57.5 cm³/mol. The molecule has 4 nitrogen and oxygen atoms in total. The highest BCUT2D eigenvalue weighted by atomic mass is 35.5. The smallest absolute Gasteiger partial charge is 0.0693 e. The average molecular weight is 217 g/mol. The first-order chi connectivity index (χ1) is 6.45. The van der Waals surface area contributed by atoms with Crippen molar-refractivity contribution in [3.8, 4) is 0 Å². The largest absolute Gasteiger partial charge is 0.314 e. The molecule has 1 aromatic heterocycles. The first-order valence-corrected chi connectivity index (χ1v) is 5.02. The number of halogens is 1. The maximum atomic E-state index is 4.08. The Balaban J connectivity index is 0.000000980. The Morgan fingerprint density at radius 3 is 2.71 bits per heavy atom. The van der Waals surface area contributed by atoms with E-state index in [1.807, 2.05) is 0 Å². The van der Waals surface area contributed by atoms with E-state index in [9.17, 15) is 0 Å². The lowest BCUT2D eigenvalue weighted by atomic mass is 10.0. The first kappa shape index (κ1) is 11.5. The van der Waals surface area contributed by atoms with E-state index in [2.05, 4.69) is 15.5 Å². The van der Waals surface area contributed by atoms with E-state index in [-0.39, 0.29) is 12.4 Å². The summed E-state index contributed by atoms with van der Waals surface area (Å²) < 4.78 is 0. The summed E-state index contributed by atoms with van der Waals surface area (Å²) in [6.45, 7) is 2.11. The van der Waals surface area contributed by atoms with Crippen LogP contribution in [-0.4, -0.2) is 27.6 Å². The average Bonchev–Trinajstić information content (AvgIpc) is 2.69. The Bertz CT molecular complexity index is 231. The van der Waals surface area contributed by atoms with E-state index in [1.165, 1.54) is 25.8 Å². The minimum atomic E-state index is 0. The van der Waals surface area contributed by atoms with Crippen LogP contribution in [0.4, 0.5) is 0 Å². The Hall–Kier alpha value is -0.610. The predicted octanol–water partition coefficient (Wildman–Crippen LogP) is 1.23. The molecule has 5 heteroatoms. The van der Waals surface area contributed by atoms with Crippen LogP contribution in [0.5, 0.6) is 0 Å². The van der Waals surface area contributed by atoms with E-state index in [0.29, 0.717) is 6.04 Å². The van der Waals surface area contributed by atoms with Gasteiger partial charge in [-0.15, -0.1) is 12.4 Å². The summed E-state index contributed by atoms with van der Waals surface area (Å²) in [6.07, 6.45) is 8.61. The van der Waals surface area contributed by atoms with Gasteiger partial charge in [0.1, 0.15) is 0 Å². The zero-order valence-electron chi connectivity index (χ0n) is 8.22. The van der Waals surface area contributed by atoms with Crippen LogP contribution in [0.3, 0.4) is 0 Å². The van der Waals surface area contributed by atoms with Crippen LogP contribution in [0.25, 0.3) is 0 Å². The van der Waals surface area contributed by atoms with Gasteiger partial charge in [-0.25, -0.2) is 0 Å². The molecule has 1 unspecified atom stereocenters. The Kier molecular flexibility index (Phi) is 4.90. The van der Waals surface area contributed by atoms with Crippen LogP contribution in [0, 0.1) is 0 Å². The lowest BCUT2D eigenvalue weighted by Crippen LogP contribution is -2.34. The lowest BCUT2D eigenvalue weighted by molar-refractivity contribution is 0.351. The molecule has 0 spiro atoms. The van der Waals surface area contributed by atoms with Gasteiger partial charge in [-0.2, -0.15) is 15.0 Å². The molecule has 0 aromatic carbocycles. The Morgan fingerprint density at radius 2 is 2.07 bits per heavy atom. The second kappa shape index (κ2) is 5.98. The molecule has 2 rings (SSSR count). The van der Waals surface area contributed by atoms with Crippen molar-refractivity contribution >= 4 is 12.4 Å². The van der Waals surface area contributed by atoms with Crippen molar-refractivity contribution in [3.05, 3.63) is 12.4 Å². The van der Waals surface area contributed by atoms with Crippen LogP contribution < -0.4 is 5.32 Å². The van der Waals surface area contributed by atoms with Crippen LogP contribution >= 0.6 is 12.4 Å². The number of nitrogens with zero attached hydrogens (tertiary/aromatic N) is 3. The SMILES string of the molecule is Cl.c1cnn(CCC2CCCCN2)n1. The van der Waals surface area contributed by atoms with Crippen molar-refractivity contribution in [3.63, 3.8) is 0 Å². The van der Waals surface area contributed by atoms with Gasteiger partial charge in [0.25, 0.3) is 0 Å². The third-order valence-electron chi connectivity index (χ3n) is 2.56. The van der Waals surface area contributed by atoms with Crippen molar-refractivity contribution < 1.29 is 0 Å². The molecular formula is C9H17ClN4. The fraction of sp³-hybridized carbons (Fsp3) is 0.778. The molecule has 14 heavy (non-hydrogen) atoms. The van der Waals surface area contributed by atoms with Gasteiger partial charge in [0, 0.05) is 6.04 Å². The quantitative estimate of drug-likeness (QED) is 0.827. The molecule has 1 aliphatic heterocycles. The minimum Gasteiger partial charge on any atom is -0.314 e. The van der Waals surface area contributed by atoms with Crippen LogP contribution in [0.15, 0.2) is 12.4 Å². The van der Waals surface area contributed by atoms with E-state index in [1.54, 1.807) is 17.2 Å². The molecule has 0 bridgehead atoms. The molecule has 0 amide bonds. The number of piperidine rings is 1. The van der Waals surface area contributed by atoms with Gasteiger partial charge < -0.3 is 5.32 Å². The molecule has 1 N–H and O–H groups in total. The maximum absolute atomic E-state index is 4.08. The lowest BCUT2D eigenvalue weighted by Gasteiger charge is -2.22. The van der Waals surface area contributed by atoms with Gasteiger partial charge in [-0.1, -0.05) is 6.42 Å². The van der Waals surface area contributed by atoms with Gasteiger partial charge >= 0.3 is 0 Å². The summed E-state index contributed by atoms with van der Waals surface area (Å²) in [4.78, 5) is 1.76. The summed E-state index contributed by atoms with van der Waals surface area (Å²) in [7, 11) is 0. The molecule has 0 radical (unpaired) electrons. The molecule has 1 aromatic rings. The Morgan fingerprint density at radius 1 is 1.29 bits per heavy atom. The molecule has 1 atom stereocenters. The van der Waals surface area contributed by atoms with Crippen molar-refractivity contribution in [1.82, 2.24) is 20.3 Å². The second-order valence-corrected chi connectivity index (χ2v) is 3.56. The fourth-order valence-electron chi connectivity index (χ4n) is 1.80. The summed E-state index contributed by atoms with van der Waals surface area (Å²) >= 11 is 0. The summed E-state index contributed by atoms with van der Waals surface area (Å²) in [5.74, 6) is 0. The molecule has 1 fully saturated rings. The topological polar surface area (TPSA) is 42.7 Å². The molecule has 80 valence electrons. The monoisotopic (exact) mass is 216 g/mol. The zero-order valence-corrected chi connectivity index (χ0v) is 9.04. The summed E-state index contributed by atoms with van der Waals surface area (Å²) in [6, 6.07) is 0.680. The number of hydrogen-bond acceptors (Lipinski definition) is 3. The molecule has 1 aliphatic rings. The highest BCUT2D eigenvalue weighted by Gasteiger charge is 2.11. The third-order valence-corrected chi connectivity index (χ3v) is 2.56. The minimum absolute atomic E-state index is 0. The van der Waals surface area contributed by atoms with Crippen LogP contribution in [-0.2, 0) is 6.54 Å². The summed E-state index contributed by atoms with van der Waals surface area (Å²) in [5, 5.41) is 11.7. The van der Waals surface area contributed by atoms with Gasteiger partial charge in [0.05, 0.1) is 18.9 Å². The third kappa shape index (κ3) is 3.27. The van der Waals surface area contributed by atoms with Crippen LogP contribution in [0.2, 0.25) is 0 Å². The molecule has 1 saturated heterocycles. The van der Waals surface area contributed by atoms with Gasteiger partial charge in [0.2, 0.25) is 0 Å². The number of aromatic nitrogens is 3. The Labute approximate surface area is 90.5 Å². The number of nitrogens with one attached hydrogen (secondary N) is 1. The molecule has 0 aliphatic carbocycles. The van der Waals surface area contributed by atoms with Gasteiger partial charge in [-0.3, -0.25) is 0 Å². The van der Waals surface area contributed by atoms with E-state index >= 15 is 0 Å². The van der Waals surface area contributed by atoms with E-state index < -0.39 is 0 Å². The van der Waals surface area contributed by atoms with Gasteiger partial charge in [0.15, 0.2) is 0 Å². The van der Waals surface area contributed by atoms with E-state index in [4.69, 9.17) is 0 Å². The molecule has 0 saturated carbocycles. The van der Waals surface area contributed by atoms with Crippen molar-refractivity contribution in [2.24, 2.45) is 0 Å². The van der Waals surface area contributed by atoms with Crippen molar-refractivity contribution in [1.29, 1.82) is 0 Å². The number of aryl methyl sites for hydroxylation is 1. The second-order valence-electron chi connectivity index (χ2n) is 3.56. The summed E-state index contributed by atoms with van der Waals surface area (Å²) in [5.41, 5.74) is 0. The number of rotatable bonds is 3. The van der Waals surface area contributed by atoms with Crippen LogP contribution in [0.1, 0.15) is 25.7 Å². The maximum Gasteiger partial charge on any atom is 0.0693 e.